The van der Waals surface area contributed by atoms with Crippen LogP contribution in [0.3, 0.4) is 0 Å². The third kappa shape index (κ3) is 3.47. The highest BCUT2D eigenvalue weighted by Crippen LogP contribution is 2.35. The maximum atomic E-state index is 14.8. The van der Waals surface area contributed by atoms with Crippen LogP contribution in [-0.4, -0.2) is 69.3 Å². The lowest BCUT2D eigenvalue weighted by molar-refractivity contribution is 0.0761. The summed E-state index contributed by atoms with van der Waals surface area (Å²) in [5.74, 6) is -0.499. The van der Waals surface area contributed by atoms with Crippen LogP contribution in [0, 0.1) is 5.82 Å². The van der Waals surface area contributed by atoms with Gasteiger partial charge in [0.05, 0.1) is 44.2 Å². The highest BCUT2D eigenvalue weighted by Gasteiger charge is 2.52. The van der Waals surface area contributed by atoms with Gasteiger partial charge in [0.1, 0.15) is 11.9 Å². The van der Waals surface area contributed by atoms with Crippen molar-refractivity contribution in [2.45, 2.75) is 24.7 Å². The van der Waals surface area contributed by atoms with Crippen molar-refractivity contribution in [2.24, 2.45) is 0 Å². The molecule has 10 nitrogen and oxygen atoms in total. The van der Waals surface area contributed by atoms with Crippen molar-refractivity contribution in [1.29, 1.82) is 0 Å². The van der Waals surface area contributed by atoms with E-state index in [0.717, 1.165) is 0 Å². The van der Waals surface area contributed by atoms with Gasteiger partial charge in [0, 0.05) is 6.54 Å². The summed E-state index contributed by atoms with van der Waals surface area (Å²) in [6.07, 6.45) is -2.27. The van der Waals surface area contributed by atoms with Crippen LogP contribution in [0.4, 0.5) is 30.1 Å². The molecule has 3 saturated heterocycles. The van der Waals surface area contributed by atoms with Gasteiger partial charge < -0.3 is 29.7 Å². The molecule has 0 bridgehead atoms. The second-order valence-corrected chi connectivity index (χ2v) is 7.40. The Labute approximate surface area is 165 Å². The molecule has 0 aliphatic carbocycles. The number of rotatable bonds is 4. The molecular formula is C18H21FN4O6. The first-order valence-electron chi connectivity index (χ1n) is 9.13. The van der Waals surface area contributed by atoms with E-state index in [1.807, 2.05) is 6.92 Å². The maximum Gasteiger partial charge on any atom is 0.414 e. The van der Waals surface area contributed by atoms with Crippen molar-refractivity contribution in [3.05, 3.63) is 24.0 Å². The summed E-state index contributed by atoms with van der Waals surface area (Å²) in [6, 6.07) is 4.27. The Hall–Kier alpha value is -3.24. The molecule has 3 aliphatic heterocycles. The van der Waals surface area contributed by atoms with Gasteiger partial charge in [-0.3, -0.25) is 4.90 Å². The van der Waals surface area contributed by atoms with E-state index in [4.69, 9.17) is 9.47 Å². The molecule has 1 aromatic carbocycles. The number of halogens is 1. The van der Waals surface area contributed by atoms with Crippen molar-refractivity contribution in [1.82, 2.24) is 10.6 Å². The molecule has 2 unspecified atom stereocenters. The van der Waals surface area contributed by atoms with E-state index in [-0.39, 0.29) is 19.1 Å². The third-order valence-electron chi connectivity index (χ3n) is 5.38. The zero-order chi connectivity index (χ0) is 20.8. The number of hydrogen-bond acceptors (Lipinski definition) is 7. The Balaban J connectivity index is 1.44. The molecule has 29 heavy (non-hydrogen) atoms. The largest absolute Gasteiger partial charge is 0.453 e. The lowest BCUT2D eigenvalue weighted by Crippen LogP contribution is -2.39. The van der Waals surface area contributed by atoms with E-state index in [0.29, 0.717) is 24.5 Å². The first-order chi connectivity index (χ1) is 13.8. The Morgan fingerprint density at radius 3 is 2.90 bits per heavy atom. The minimum absolute atomic E-state index is 0.0922. The molecule has 156 valence electrons. The van der Waals surface area contributed by atoms with Crippen LogP contribution >= 0.6 is 0 Å². The molecule has 2 N–H and O–H groups in total. The molecule has 11 heteroatoms. The predicted molar refractivity (Wildman–Crippen MR) is 98.4 cm³/mol. The standard InChI is InChI=1S/C18H21FN4O6/c1-18-9-22(8-14(18)21-16(25)29-18)13-4-3-10(5-12(13)19)23-7-11(28-17(23)26)6-20-15(24)27-2/h3-5,11,14H,6-9H2,1-2H3,(H,20,24)(H,21,25)/t11-,14?,18?/m0/s1. The summed E-state index contributed by atoms with van der Waals surface area (Å²) in [5, 5.41) is 5.20. The highest BCUT2D eigenvalue weighted by molar-refractivity contribution is 5.90. The molecule has 3 fully saturated rings. The molecular weight excluding hydrogens is 387 g/mol. The maximum absolute atomic E-state index is 14.8. The number of carbonyl (C=O) groups excluding carboxylic acids is 3. The van der Waals surface area contributed by atoms with Gasteiger partial charge in [-0.05, 0) is 25.1 Å². The Morgan fingerprint density at radius 2 is 2.21 bits per heavy atom. The molecule has 0 saturated carbocycles. The minimum atomic E-state index is -0.708. The molecule has 3 aliphatic rings. The van der Waals surface area contributed by atoms with Gasteiger partial charge in [0.2, 0.25) is 0 Å². The monoisotopic (exact) mass is 408 g/mol. The van der Waals surface area contributed by atoms with Crippen LogP contribution < -0.4 is 20.4 Å². The van der Waals surface area contributed by atoms with Crippen LogP contribution in [0.5, 0.6) is 0 Å². The number of benzene rings is 1. The van der Waals surface area contributed by atoms with E-state index in [1.165, 1.54) is 18.1 Å². The van der Waals surface area contributed by atoms with Gasteiger partial charge in [-0.15, -0.1) is 0 Å². The zero-order valence-corrected chi connectivity index (χ0v) is 15.9. The first-order valence-corrected chi connectivity index (χ1v) is 9.13. The topological polar surface area (TPSA) is 109 Å². The second-order valence-electron chi connectivity index (χ2n) is 7.40. The number of carbonyl (C=O) groups is 3. The molecule has 3 atom stereocenters. The van der Waals surface area contributed by atoms with E-state index < -0.39 is 35.8 Å². The van der Waals surface area contributed by atoms with E-state index >= 15 is 0 Å². The summed E-state index contributed by atoms with van der Waals surface area (Å²) >= 11 is 0. The lowest BCUT2D eigenvalue weighted by atomic mass is 10.0. The molecule has 0 aromatic heterocycles. The number of hydrogen-bond donors (Lipinski definition) is 2. The summed E-state index contributed by atoms with van der Waals surface area (Å²) in [7, 11) is 1.24. The number of methoxy groups -OCH3 is 1. The van der Waals surface area contributed by atoms with Crippen molar-refractivity contribution < 1.29 is 33.0 Å². The van der Waals surface area contributed by atoms with Gasteiger partial charge in [0.25, 0.3) is 0 Å². The van der Waals surface area contributed by atoms with E-state index in [9.17, 15) is 18.8 Å². The molecule has 0 radical (unpaired) electrons. The first kappa shape index (κ1) is 19.1. The van der Waals surface area contributed by atoms with Gasteiger partial charge in [-0.2, -0.15) is 0 Å². The normalized spacial score (nSPS) is 28.0. The predicted octanol–water partition coefficient (Wildman–Crippen LogP) is 1.19. The number of alkyl carbamates (subject to hydrolysis) is 2. The van der Waals surface area contributed by atoms with Gasteiger partial charge in [-0.1, -0.05) is 0 Å². The molecule has 3 amide bonds. The Morgan fingerprint density at radius 1 is 1.41 bits per heavy atom. The van der Waals surface area contributed by atoms with Crippen LogP contribution in [0.1, 0.15) is 6.92 Å². The van der Waals surface area contributed by atoms with Crippen LogP contribution in [0.15, 0.2) is 18.2 Å². The van der Waals surface area contributed by atoms with Crippen molar-refractivity contribution >= 4 is 29.7 Å². The van der Waals surface area contributed by atoms with Gasteiger partial charge in [0.15, 0.2) is 5.60 Å². The number of cyclic esters (lactones) is 1. The number of ether oxygens (including phenoxy) is 3. The fourth-order valence-electron chi connectivity index (χ4n) is 3.86. The fraction of sp³-hybridized carbons (Fsp3) is 0.500. The van der Waals surface area contributed by atoms with Crippen molar-refractivity contribution in [2.75, 3.05) is 43.1 Å². The summed E-state index contributed by atoms with van der Waals surface area (Å²) < 4.78 is 29.8. The molecule has 3 heterocycles. The molecule has 0 spiro atoms. The van der Waals surface area contributed by atoms with Crippen LogP contribution in [0.2, 0.25) is 0 Å². The smallest absolute Gasteiger partial charge is 0.414 e. The van der Waals surface area contributed by atoms with Crippen LogP contribution in [-0.2, 0) is 14.2 Å². The average Bonchev–Trinajstić information content (AvgIpc) is 3.27. The van der Waals surface area contributed by atoms with E-state index in [2.05, 4.69) is 15.4 Å². The van der Waals surface area contributed by atoms with Crippen molar-refractivity contribution in [3.63, 3.8) is 0 Å². The summed E-state index contributed by atoms with van der Waals surface area (Å²) in [4.78, 5) is 37.8. The second kappa shape index (κ2) is 6.98. The minimum Gasteiger partial charge on any atom is -0.453 e. The SMILES string of the molecule is COC(=O)NC[C@H]1CN(c2ccc(N3CC4NC(=O)OC4(C)C3)c(F)c2)C(=O)O1. The van der Waals surface area contributed by atoms with Gasteiger partial charge >= 0.3 is 18.3 Å². The Kier molecular flexibility index (Phi) is 4.59. The Bertz CT molecular complexity index is 867. The number of amides is 3. The van der Waals surface area contributed by atoms with Gasteiger partial charge in [-0.25, -0.2) is 18.8 Å². The van der Waals surface area contributed by atoms with Crippen LogP contribution in [0.25, 0.3) is 0 Å². The zero-order valence-electron chi connectivity index (χ0n) is 15.9. The number of nitrogens with one attached hydrogen (secondary N) is 2. The van der Waals surface area contributed by atoms with E-state index in [1.54, 1.807) is 17.0 Å². The molecule has 4 rings (SSSR count). The fourth-order valence-corrected chi connectivity index (χ4v) is 3.86. The highest BCUT2D eigenvalue weighted by atomic mass is 19.1. The van der Waals surface area contributed by atoms with Crippen molar-refractivity contribution in [3.8, 4) is 0 Å². The quantitative estimate of drug-likeness (QED) is 0.721. The molecule has 1 aromatic rings. The summed E-state index contributed by atoms with van der Waals surface area (Å²) in [6.45, 7) is 2.86. The average molecular weight is 408 g/mol. The third-order valence-corrected chi connectivity index (χ3v) is 5.38. The number of anilines is 2. The summed E-state index contributed by atoms with van der Waals surface area (Å²) in [5.41, 5.74) is 0.00606. The number of nitrogens with zero attached hydrogens (tertiary/aromatic N) is 2. The lowest BCUT2D eigenvalue weighted by Gasteiger charge is -2.23. The number of fused-ring (bicyclic) bond motifs is 1.